The van der Waals surface area contributed by atoms with E-state index in [4.69, 9.17) is 0 Å². The van der Waals surface area contributed by atoms with Crippen LogP contribution in [0.2, 0.25) is 0 Å². The zero-order valence-electron chi connectivity index (χ0n) is 15.7. The van der Waals surface area contributed by atoms with Crippen LogP contribution in [-0.4, -0.2) is 34.8 Å². The first-order valence-corrected chi connectivity index (χ1v) is 8.83. The lowest BCUT2D eigenvalue weighted by Gasteiger charge is -2.23. The van der Waals surface area contributed by atoms with Crippen molar-refractivity contribution in [1.29, 1.82) is 0 Å². The van der Waals surface area contributed by atoms with Gasteiger partial charge in [0.25, 0.3) is 5.91 Å². The average Bonchev–Trinajstić information content (AvgIpc) is 3.01. The molecule has 3 rings (SSSR count). The number of rotatable bonds is 3. The molecule has 1 amide bonds. The lowest BCUT2D eigenvalue weighted by atomic mass is 10.0. The molecule has 0 spiro atoms. The zero-order chi connectivity index (χ0) is 18.9. The van der Waals surface area contributed by atoms with Gasteiger partial charge in [-0.05, 0) is 52.3 Å². The van der Waals surface area contributed by atoms with E-state index in [1.54, 1.807) is 10.9 Å². The molecule has 5 nitrogen and oxygen atoms in total. The topological polar surface area (TPSA) is 59.0 Å². The number of halogens is 3. The normalized spacial score (nSPS) is 17.3. The van der Waals surface area contributed by atoms with E-state index in [1.807, 2.05) is 20.8 Å². The fourth-order valence-corrected chi connectivity index (χ4v) is 3.00. The highest BCUT2D eigenvalue weighted by Gasteiger charge is 2.26. The highest BCUT2D eigenvalue weighted by Crippen LogP contribution is 2.28. The van der Waals surface area contributed by atoms with E-state index in [1.165, 1.54) is 12.1 Å². The van der Waals surface area contributed by atoms with Gasteiger partial charge in [0.1, 0.15) is 17.3 Å². The molecule has 148 valence electrons. The third-order valence-electron chi connectivity index (χ3n) is 4.46. The summed E-state index contributed by atoms with van der Waals surface area (Å²) < 4.78 is 29.2. The van der Waals surface area contributed by atoms with Crippen molar-refractivity contribution in [3.63, 3.8) is 0 Å². The molecule has 2 aromatic rings. The Morgan fingerprint density at radius 2 is 2.07 bits per heavy atom. The van der Waals surface area contributed by atoms with E-state index >= 15 is 0 Å². The van der Waals surface area contributed by atoms with Crippen molar-refractivity contribution in [1.82, 2.24) is 20.4 Å². The molecule has 0 radical (unpaired) electrons. The van der Waals surface area contributed by atoms with Crippen LogP contribution in [0.1, 0.15) is 44.0 Å². The molecule has 1 saturated heterocycles. The van der Waals surface area contributed by atoms with Gasteiger partial charge in [-0.1, -0.05) is 0 Å². The standard InChI is InChI=1S/C19H24F2N4O.ClH/c1-19(2,3)25-11-15(18(26)23-13-5-4-8-22-10-13)17(24-25)14-7-6-12(20)9-16(14)21;/h6-7,9,11,13,22H,4-5,8,10H2,1-3H3,(H,23,26);1H/t13-;/m0./s1. The van der Waals surface area contributed by atoms with Gasteiger partial charge in [-0.25, -0.2) is 8.78 Å². The first kappa shape index (κ1) is 21.3. The number of carbonyl (C=O) groups excluding carboxylic acids is 1. The highest BCUT2D eigenvalue weighted by molar-refractivity contribution is 6.00. The summed E-state index contributed by atoms with van der Waals surface area (Å²) >= 11 is 0. The van der Waals surface area contributed by atoms with Crippen LogP contribution in [0.15, 0.2) is 24.4 Å². The SMILES string of the molecule is CC(C)(C)n1cc(C(=O)N[C@H]2CCCNC2)c(-c2ccc(F)cc2F)n1.Cl. The maximum absolute atomic E-state index is 14.3. The fourth-order valence-electron chi connectivity index (χ4n) is 3.00. The number of aromatic nitrogens is 2. The van der Waals surface area contributed by atoms with Crippen molar-refractivity contribution in [2.45, 2.75) is 45.2 Å². The van der Waals surface area contributed by atoms with Crippen molar-refractivity contribution >= 4 is 18.3 Å². The number of nitrogens with zero attached hydrogens (tertiary/aromatic N) is 2. The average molecular weight is 399 g/mol. The largest absolute Gasteiger partial charge is 0.348 e. The molecule has 2 heterocycles. The van der Waals surface area contributed by atoms with Gasteiger partial charge in [-0.2, -0.15) is 5.10 Å². The third kappa shape index (κ3) is 4.84. The maximum Gasteiger partial charge on any atom is 0.255 e. The number of hydrogen-bond donors (Lipinski definition) is 2. The number of benzene rings is 1. The van der Waals surface area contributed by atoms with E-state index in [9.17, 15) is 13.6 Å². The van der Waals surface area contributed by atoms with E-state index in [0.717, 1.165) is 25.5 Å². The van der Waals surface area contributed by atoms with Gasteiger partial charge in [0.05, 0.1) is 11.1 Å². The van der Waals surface area contributed by atoms with Crippen LogP contribution >= 0.6 is 12.4 Å². The van der Waals surface area contributed by atoms with Crippen molar-refractivity contribution in [2.75, 3.05) is 13.1 Å². The minimum atomic E-state index is -0.738. The minimum Gasteiger partial charge on any atom is -0.348 e. The summed E-state index contributed by atoms with van der Waals surface area (Å²) in [6.07, 6.45) is 3.52. The summed E-state index contributed by atoms with van der Waals surface area (Å²) in [5, 5.41) is 10.7. The maximum atomic E-state index is 14.3. The molecule has 1 aromatic heterocycles. The molecule has 27 heavy (non-hydrogen) atoms. The van der Waals surface area contributed by atoms with Gasteiger partial charge in [0, 0.05) is 30.4 Å². The summed E-state index contributed by atoms with van der Waals surface area (Å²) in [6, 6.07) is 3.32. The van der Waals surface area contributed by atoms with E-state index in [0.29, 0.717) is 6.54 Å². The number of hydrogen-bond acceptors (Lipinski definition) is 3. The molecule has 0 unspecified atom stereocenters. The molecule has 2 N–H and O–H groups in total. The Morgan fingerprint density at radius 3 is 2.67 bits per heavy atom. The molecule has 0 saturated carbocycles. The molecular formula is C19H25ClF2N4O. The van der Waals surface area contributed by atoms with E-state index < -0.39 is 11.6 Å². The van der Waals surface area contributed by atoms with E-state index in [-0.39, 0.29) is 46.7 Å². The Labute approximate surface area is 163 Å². The van der Waals surface area contributed by atoms with Crippen molar-refractivity contribution < 1.29 is 13.6 Å². The molecular weight excluding hydrogens is 374 g/mol. The van der Waals surface area contributed by atoms with E-state index in [2.05, 4.69) is 15.7 Å². The minimum absolute atomic E-state index is 0. The lowest BCUT2D eigenvalue weighted by molar-refractivity contribution is 0.0931. The smallest absolute Gasteiger partial charge is 0.255 e. The predicted octanol–water partition coefficient (Wildman–Crippen LogP) is 3.49. The highest BCUT2D eigenvalue weighted by atomic mass is 35.5. The van der Waals surface area contributed by atoms with Crippen molar-refractivity contribution in [3.8, 4) is 11.3 Å². The number of piperidine rings is 1. The van der Waals surface area contributed by atoms with Gasteiger partial charge in [-0.3, -0.25) is 9.48 Å². The molecule has 8 heteroatoms. The molecule has 1 aliphatic heterocycles. The van der Waals surface area contributed by atoms with Crippen LogP contribution in [0.3, 0.4) is 0 Å². The fraction of sp³-hybridized carbons (Fsp3) is 0.474. The number of amides is 1. The van der Waals surface area contributed by atoms with Gasteiger partial charge in [0.2, 0.25) is 0 Å². The second-order valence-corrected chi connectivity index (χ2v) is 7.65. The van der Waals surface area contributed by atoms with Gasteiger partial charge in [0.15, 0.2) is 0 Å². The van der Waals surface area contributed by atoms with Crippen molar-refractivity contribution in [2.24, 2.45) is 0 Å². The monoisotopic (exact) mass is 398 g/mol. The first-order valence-electron chi connectivity index (χ1n) is 8.83. The lowest BCUT2D eigenvalue weighted by Crippen LogP contribution is -2.45. The number of carbonyl (C=O) groups is 1. The second kappa shape index (κ2) is 8.35. The number of nitrogens with one attached hydrogen (secondary N) is 2. The summed E-state index contributed by atoms with van der Waals surface area (Å²) in [6.45, 7) is 7.48. The van der Waals surface area contributed by atoms with Crippen LogP contribution in [0.5, 0.6) is 0 Å². The second-order valence-electron chi connectivity index (χ2n) is 7.65. The predicted molar refractivity (Wildman–Crippen MR) is 103 cm³/mol. The summed E-state index contributed by atoms with van der Waals surface area (Å²) in [7, 11) is 0. The van der Waals surface area contributed by atoms with Crippen LogP contribution < -0.4 is 10.6 Å². The third-order valence-corrected chi connectivity index (χ3v) is 4.46. The van der Waals surface area contributed by atoms with Crippen molar-refractivity contribution in [3.05, 3.63) is 41.6 Å². The summed E-state index contributed by atoms with van der Waals surface area (Å²) in [5.74, 6) is -1.70. The molecule has 0 aliphatic carbocycles. The van der Waals surface area contributed by atoms with Crippen LogP contribution in [0.25, 0.3) is 11.3 Å². The Hall–Kier alpha value is -1.99. The Bertz CT molecular complexity index is 811. The summed E-state index contributed by atoms with van der Waals surface area (Å²) in [4.78, 5) is 12.8. The Kier molecular flexibility index (Phi) is 6.59. The van der Waals surface area contributed by atoms with Gasteiger partial charge in [-0.15, -0.1) is 12.4 Å². The zero-order valence-corrected chi connectivity index (χ0v) is 16.5. The molecule has 1 aliphatic rings. The molecule has 0 bridgehead atoms. The molecule has 1 atom stereocenters. The molecule has 1 aromatic carbocycles. The van der Waals surface area contributed by atoms with Crippen LogP contribution in [0.4, 0.5) is 8.78 Å². The van der Waals surface area contributed by atoms with Crippen LogP contribution in [-0.2, 0) is 5.54 Å². The van der Waals surface area contributed by atoms with Gasteiger partial charge >= 0.3 is 0 Å². The first-order chi connectivity index (χ1) is 12.3. The van der Waals surface area contributed by atoms with Crippen LogP contribution in [0, 0.1) is 11.6 Å². The summed E-state index contributed by atoms with van der Waals surface area (Å²) in [5.41, 5.74) is 0.243. The molecule has 1 fully saturated rings. The Balaban J connectivity index is 0.00000261. The quantitative estimate of drug-likeness (QED) is 0.832. The van der Waals surface area contributed by atoms with Gasteiger partial charge < -0.3 is 10.6 Å². The Morgan fingerprint density at radius 1 is 1.33 bits per heavy atom.